The van der Waals surface area contributed by atoms with Gasteiger partial charge in [0.1, 0.15) is 5.69 Å². The summed E-state index contributed by atoms with van der Waals surface area (Å²) < 4.78 is 0.228. The summed E-state index contributed by atoms with van der Waals surface area (Å²) in [6.07, 6.45) is 2.45. The van der Waals surface area contributed by atoms with Crippen LogP contribution in [0, 0.1) is 0 Å². The average molecular weight is 242 g/mol. The van der Waals surface area contributed by atoms with Crippen LogP contribution in [-0.2, 0) is 0 Å². The lowest BCUT2D eigenvalue weighted by Crippen LogP contribution is -2.36. The van der Waals surface area contributed by atoms with Crippen LogP contribution in [0.4, 0.5) is 0 Å². The highest BCUT2D eigenvalue weighted by Gasteiger charge is 2.29. The van der Waals surface area contributed by atoms with Gasteiger partial charge in [0.05, 0.1) is 5.51 Å². The maximum atomic E-state index is 11.6. The number of thioether (sulfide) groups is 1. The fraction of sp³-hybridized carbons (Fsp3) is 0.600. The molecule has 15 heavy (non-hydrogen) atoms. The fourth-order valence-electron chi connectivity index (χ4n) is 1.66. The molecular formula is C10H14N2OS2. The SMILES string of the molecule is CC1(CNC(=O)c2cscn2)CCCS1. The summed E-state index contributed by atoms with van der Waals surface area (Å²) in [4.78, 5) is 15.6. The van der Waals surface area contributed by atoms with Crippen LogP contribution in [0.1, 0.15) is 30.3 Å². The van der Waals surface area contributed by atoms with Gasteiger partial charge in [0.15, 0.2) is 0 Å². The third-order valence-electron chi connectivity index (χ3n) is 2.59. The average Bonchev–Trinajstić information content (AvgIpc) is 2.85. The van der Waals surface area contributed by atoms with E-state index in [2.05, 4.69) is 17.2 Å². The van der Waals surface area contributed by atoms with E-state index in [0.717, 1.165) is 6.54 Å². The molecule has 0 spiro atoms. The third kappa shape index (κ3) is 2.72. The smallest absolute Gasteiger partial charge is 0.270 e. The molecule has 1 saturated heterocycles. The summed E-state index contributed by atoms with van der Waals surface area (Å²) in [5.41, 5.74) is 2.22. The molecule has 5 heteroatoms. The molecule has 82 valence electrons. The molecule has 0 radical (unpaired) electrons. The summed E-state index contributed by atoms with van der Waals surface area (Å²) in [5.74, 6) is 1.16. The van der Waals surface area contributed by atoms with Crippen molar-refractivity contribution in [3.8, 4) is 0 Å². The highest BCUT2D eigenvalue weighted by Crippen LogP contribution is 2.36. The maximum Gasteiger partial charge on any atom is 0.270 e. The molecule has 2 rings (SSSR count). The van der Waals surface area contributed by atoms with Gasteiger partial charge in [-0.25, -0.2) is 4.98 Å². The Bertz CT molecular complexity index is 331. The minimum Gasteiger partial charge on any atom is -0.349 e. The lowest BCUT2D eigenvalue weighted by atomic mass is 10.1. The molecule has 2 heterocycles. The van der Waals surface area contributed by atoms with Crippen LogP contribution in [0.25, 0.3) is 0 Å². The summed E-state index contributed by atoms with van der Waals surface area (Å²) in [6, 6.07) is 0. The van der Waals surface area contributed by atoms with E-state index in [-0.39, 0.29) is 10.7 Å². The first-order valence-corrected chi connectivity index (χ1v) is 6.93. The van der Waals surface area contributed by atoms with E-state index < -0.39 is 0 Å². The molecule has 1 aromatic heterocycles. The van der Waals surface area contributed by atoms with Crippen molar-refractivity contribution in [3.05, 3.63) is 16.6 Å². The molecule has 0 bridgehead atoms. The van der Waals surface area contributed by atoms with Gasteiger partial charge in [-0.2, -0.15) is 11.8 Å². The van der Waals surface area contributed by atoms with Crippen LogP contribution in [0.15, 0.2) is 10.9 Å². The highest BCUT2D eigenvalue weighted by atomic mass is 32.2. The molecule has 1 amide bonds. The van der Waals surface area contributed by atoms with Gasteiger partial charge in [0.25, 0.3) is 5.91 Å². The topological polar surface area (TPSA) is 42.0 Å². The largest absolute Gasteiger partial charge is 0.349 e. The summed E-state index contributed by atoms with van der Waals surface area (Å²) in [5, 5.41) is 4.73. The molecular weight excluding hydrogens is 228 g/mol. The molecule has 1 atom stereocenters. The van der Waals surface area contributed by atoms with Gasteiger partial charge in [-0.15, -0.1) is 11.3 Å². The Labute approximate surface area is 97.7 Å². The van der Waals surface area contributed by atoms with Crippen molar-refractivity contribution in [1.29, 1.82) is 0 Å². The number of nitrogens with one attached hydrogen (secondary N) is 1. The zero-order valence-electron chi connectivity index (χ0n) is 8.66. The van der Waals surface area contributed by atoms with E-state index in [1.54, 1.807) is 10.9 Å². The van der Waals surface area contributed by atoms with Gasteiger partial charge in [0, 0.05) is 16.7 Å². The summed E-state index contributed by atoms with van der Waals surface area (Å²) in [6.45, 7) is 2.96. The number of carbonyl (C=O) groups is 1. The number of aromatic nitrogens is 1. The first-order chi connectivity index (χ1) is 7.20. The Morgan fingerprint density at radius 1 is 1.73 bits per heavy atom. The van der Waals surface area contributed by atoms with E-state index >= 15 is 0 Å². The molecule has 0 aromatic carbocycles. The molecule has 1 aliphatic heterocycles. The van der Waals surface area contributed by atoms with Crippen molar-refractivity contribution >= 4 is 29.0 Å². The van der Waals surface area contributed by atoms with Crippen molar-refractivity contribution in [2.75, 3.05) is 12.3 Å². The van der Waals surface area contributed by atoms with Crippen LogP contribution in [0.3, 0.4) is 0 Å². The van der Waals surface area contributed by atoms with Crippen molar-refractivity contribution in [2.24, 2.45) is 0 Å². The molecule has 0 aliphatic carbocycles. The number of nitrogens with zero attached hydrogens (tertiary/aromatic N) is 1. The predicted octanol–water partition coefficient (Wildman–Crippen LogP) is 2.16. The van der Waals surface area contributed by atoms with Gasteiger partial charge in [-0.1, -0.05) is 0 Å². The Kier molecular flexibility index (Phi) is 3.31. The van der Waals surface area contributed by atoms with Gasteiger partial charge in [0.2, 0.25) is 0 Å². The van der Waals surface area contributed by atoms with E-state index in [1.165, 1.54) is 29.9 Å². The highest BCUT2D eigenvalue weighted by molar-refractivity contribution is 8.00. The molecule has 1 N–H and O–H groups in total. The van der Waals surface area contributed by atoms with Crippen LogP contribution in [0.5, 0.6) is 0 Å². The number of amides is 1. The van der Waals surface area contributed by atoms with Gasteiger partial charge in [-0.3, -0.25) is 4.79 Å². The minimum absolute atomic E-state index is 0.0509. The summed E-state index contributed by atoms with van der Waals surface area (Å²) in [7, 11) is 0. The molecule has 1 unspecified atom stereocenters. The van der Waals surface area contributed by atoms with Crippen LogP contribution < -0.4 is 5.32 Å². The predicted molar refractivity (Wildman–Crippen MR) is 64.5 cm³/mol. The van der Waals surface area contributed by atoms with Crippen LogP contribution in [0.2, 0.25) is 0 Å². The number of hydrogen-bond donors (Lipinski definition) is 1. The van der Waals surface area contributed by atoms with E-state index in [9.17, 15) is 4.79 Å². The Morgan fingerprint density at radius 3 is 3.20 bits per heavy atom. The normalized spacial score (nSPS) is 25.4. The quantitative estimate of drug-likeness (QED) is 0.883. The van der Waals surface area contributed by atoms with Crippen molar-refractivity contribution in [1.82, 2.24) is 10.3 Å². The third-order valence-corrected chi connectivity index (χ3v) is 4.71. The van der Waals surface area contributed by atoms with E-state index in [0.29, 0.717) is 5.69 Å². The fourth-order valence-corrected chi connectivity index (χ4v) is 3.44. The standard InChI is InChI=1S/C10H14N2OS2/c1-10(3-2-4-15-10)6-11-9(13)8-5-14-7-12-8/h5,7H,2-4,6H2,1H3,(H,11,13). The maximum absolute atomic E-state index is 11.6. The van der Waals surface area contributed by atoms with E-state index in [1.807, 2.05) is 11.8 Å². The lowest BCUT2D eigenvalue weighted by molar-refractivity contribution is 0.0945. The molecule has 3 nitrogen and oxygen atoms in total. The molecule has 1 aliphatic rings. The summed E-state index contributed by atoms with van der Waals surface area (Å²) >= 11 is 3.40. The first kappa shape index (κ1) is 11.0. The van der Waals surface area contributed by atoms with Crippen LogP contribution >= 0.6 is 23.1 Å². The van der Waals surface area contributed by atoms with Crippen molar-refractivity contribution in [3.63, 3.8) is 0 Å². The van der Waals surface area contributed by atoms with Gasteiger partial charge >= 0.3 is 0 Å². The number of rotatable bonds is 3. The number of carbonyl (C=O) groups excluding carboxylic acids is 1. The number of thiazole rings is 1. The molecule has 1 aromatic rings. The second-order valence-electron chi connectivity index (χ2n) is 3.96. The Balaban J connectivity index is 1.85. The van der Waals surface area contributed by atoms with Gasteiger partial charge < -0.3 is 5.32 Å². The second kappa shape index (κ2) is 4.53. The van der Waals surface area contributed by atoms with Crippen molar-refractivity contribution in [2.45, 2.75) is 24.5 Å². The minimum atomic E-state index is -0.0509. The second-order valence-corrected chi connectivity index (χ2v) is 6.36. The Morgan fingerprint density at radius 2 is 2.60 bits per heavy atom. The molecule has 1 fully saturated rings. The van der Waals surface area contributed by atoms with Gasteiger partial charge in [-0.05, 0) is 25.5 Å². The first-order valence-electron chi connectivity index (χ1n) is 5.00. The van der Waals surface area contributed by atoms with E-state index in [4.69, 9.17) is 0 Å². The van der Waals surface area contributed by atoms with Crippen molar-refractivity contribution < 1.29 is 4.79 Å². The zero-order chi connectivity index (χ0) is 10.7. The Hall–Kier alpha value is -0.550. The lowest BCUT2D eigenvalue weighted by Gasteiger charge is -2.22. The monoisotopic (exact) mass is 242 g/mol. The number of hydrogen-bond acceptors (Lipinski definition) is 4. The molecule has 0 saturated carbocycles. The zero-order valence-corrected chi connectivity index (χ0v) is 10.3. The van der Waals surface area contributed by atoms with Crippen LogP contribution in [-0.4, -0.2) is 27.9 Å².